The van der Waals surface area contributed by atoms with E-state index < -0.39 is 0 Å². The Morgan fingerprint density at radius 3 is 2.71 bits per heavy atom. The third-order valence-corrected chi connectivity index (χ3v) is 3.75. The molecule has 1 atom stereocenters. The number of benzene rings is 1. The van der Waals surface area contributed by atoms with Crippen LogP contribution in [-0.4, -0.2) is 6.04 Å². The predicted molar refractivity (Wildman–Crippen MR) is 58.5 cm³/mol. The van der Waals surface area contributed by atoms with Crippen molar-refractivity contribution >= 4 is 0 Å². The van der Waals surface area contributed by atoms with Crippen LogP contribution in [0.4, 0.5) is 0 Å². The molecular formula is C13H17N. The van der Waals surface area contributed by atoms with Gasteiger partial charge < -0.3 is 5.73 Å². The van der Waals surface area contributed by atoms with Gasteiger partial charge in [0.1, 0.15) is 0 Å². The standard InChI is InChI=1S/C13H17N/c14-11-6-7-13-10(8-11)5-4-9-2-1-3-12(9)13/h4-5,11H,1-3,6-8,14H2/t11-/m0/s1. The molecule has 14 heavy (non-hydrogen) atoms. The zero-order valence-electron chi connectivity index (χ0n) is 8.55. The monoisotopic (exact) mass is 187 g/mol. The Morgan fingerprint density at radius 1 is 1.00 bits per heavy atom. The molecule has 0 bridgehead atoms. The first-order chi connectivity index (χ1) is 6.84. The number of rotatable bonds is 0. The maximum atomic E-state index is 5.99. The van der Waals surface area contributed by atoms with Crippen molar-refractivity contribution in [2.75, 3.05) is 0 Å². The van der Waals surface area contributed by atoms with E-state index in [1.54, 1.807) is 16.7 Å². The molecule has 74 valence electrons. The Morgan fingerprint density at radius 2 is 1.79 bits per heavy atom. The first kappa shape index (κ1) is 8.49. The van der Waals surface area contributed by atoms with Gasteiger partial charge in [-0.25, -0.2) is 0 Å². The molecule has 0 saturated carbocycles. The Bertz CT molecular complexity index is 368. The fourth-order valence-corrected chi connectivity index (χ4v) is 3.01. The van der Waals surface area contributed by atoms with E-state index in [0.29, 0.717) is 6.04 Å². The molecule has 0 spiro atoms. The maximum absolute atomic E-state index is 5.99. The van der Waals surface area contributed by atoms with E-state index in [2.05, 4.69) is 12.1 Å². The number of fused-ring (bicyclic) bond motifs is 3. The first-order valence-electron chi connectivity index (χ1n) is 5.72. The Hall–Kier alpha value is -0.820. The Labute approximate surface area is 85.3 Å². The number of hydrogen-bond acceptors (Lipinski definition) is 1. The van der Waals surface area contributed by atoms with Gasteiger partial charge in [0, 0.05) is 6.04 Å². The molecule has 0 heterocycles. The highest BCUT2D eigenvalue weighted by Crippen LogP contribution is 2.31. The summed E-state index contributed by atoms with van der Waals surface area (Å²) in [7, 11) is 0. The van der Waals surface area contributed by atoms with Gasteiger partial charge in [-0.05, 0) is 60.8 Å². The van der Waals surface area contributed by atoms with Crippen molar-refractivity contribution in [2.24, 2.45) is 5.73 Å². The molecule has 2 aliphatic rings. The van der Waals surface area contributed by atoms with Crippen molar-refractivity contribution in [3.8, 4) is 0 Å². The van der Waals surface area contributed by atoms with Gasteiger partial charge >= 0.3 is 0 Å². The minimum Gasteiger partial charge on any atom is -0.327 e. The number of nitrogens with two attached hydrogens (primary N) is 1. The molecule has 1 aromatic rings. The maximum Gasteiger partial charge on any atom is 0.00825 e. The van der Waals surface area contributed by atoms with Crippen LogP contribution in [0.2, 0.25) is 0 Å². The summed E-state index contributed by atoms with van der Waals surface area (Å²) in [6, 6.07) is 5.06. The molecule has 0 aromatic heterocycles. The van der Waals surface area contributed by atoms with Gasteiger partial charge in [0.2, 0.25) is 0 Å². The summed E-state index contributed by atoms with van der Waals surface area (Å²) in [6.45, 7) is 0. The summed E-state index contributed by atoms with van der Waals surface area (Å²) in [5.41, 5.74) is 12.5. The van der Waals surface area contributed by atoms with Crippen molar-refractivity contribution in [1.82, 2.24) is 0 Å². The molecule has 0 amide bonds. The van der Waals surface area contributed by atoms with Crippen molar-refractivity contribution < 1.29 is 0 Å². The molecule has 3 rings (SSSR count). The average Bonchev–Trinajstić information content (AvgIpc) is 2.65. The Kier molecular flexibility index (Phi) is 1.88. The third kappa shape index (κ3) is 1.19. The SMILES string of the molecule is N[C@H]1CCc2c(ccc3c2CCC3)C1. The normalized spacial score (nSPS) is 24.5. The summed E-state index contributed by atoms with van der Waals surface area (Å²) in [6.07, 6.45) is 7.48. The lowest BCUT2D eigenvalue weighted by Gasteiger charge is -2.23. The fourth-order valence-electron chi connectivity index (χ4n) is 3.01. The Balaban J connectivity index is 2.10. The minimum absolute atomic E-state index is 0.405. The zero-order valence-corrected chi connectivity index (χ0v) is 8.55. The highest BCUT2D eigenvalue weighted by atomic mass is 14.6. The van der Waals surface area contributed by atoms with Crippen LogP contribution in [0.15, 0.2) is 12.1 Å². The molecule has 2 N–H and O–H groups in total. The molecule has 1 aromatic carbocycles. The molecule has 1 heteroatoms. The smallest absolute Gasteiger partial charge is 0.00825 e. The van der Waals surface area contributed by atoms with E-state index in [9.17, 15) is 0 Å². The number of aryl methyl sites for hydroxylation is 1. The molecule has 0 fully saturated rings. The lowest BCUT2D eigenvalue weighted by molar-refractivity contribution is 0.573. The quantitative estimate of drug-likeness (QED) is 0.660. The average molecular weight is 187 g/mol. The first-order valence-corrected chi connectivity index (χ1v) is 5.72. The second-order valence-corrected chi connectivity index (χ2v) is 4.70. The largest absolute Gasteiger partial charge is 0.327 e. The van der Waals surface area contributed by atoms with Gasteiger partial charge in [0.25, 0.3) is 0 Å². The van der Waals surface area contributed by atoms with E-state index in [1.165, 1.54) is 37.7 Å². The minimum atomic E-state index is 0.405. The molecule has 0 saturated heterocycles. The topological polar surface area (TPSA) is 26.0 Å². The van der Waals surface area contributed by atoms with Crippen LogP contribution in [0, 0.1) is 0 Å². The zero-order chi connectivity index (χ0) is 9.54. The second-order valence-electron chi connectivity index (χ2n) is 4.70. The van der Waals surface area contributed by atoms with Crippen LogP contribution in [0.5, 0.6) is 0 Å². The van der Waals surface area contributed by atoms with Crippen LogP contribution in [-0.2, 0) is 25.7 Å². The van der Waals surface area contributed by atoms with Crippen molar-refractivity contribution in [2.45, 2.75) is 44.6 Å². The van der Waals surface area contributed by atoms with Gasteiger partial charge in [0.15, 0.2) is 0 Å². The third-order valence-electron chi connectivity index (χ3n) is 3.75. The van der Waals surface area contributed by atoms with Gasteiger partial charge in [-0.2, -0.15) is 0 Å². The van der Waals surface area contributed by atoms with Crippen LogP contribution in [0.25, 0.3) is 0 Å². The van der Waals surface area contributed by atoms with Crippen molar-refractivity contribution in [3.05, 3.63) is 34.4 Å². The second kappa shape index (κ2) is 3.09. The molecule has 0 aliphatic heterocycles. The van der Waals surface area contributed by atoms with E-state index in [4.69, 9.17) is 5.73 Å². The van der Waals surface area contributed by atoms with Gasteiger partial charge in [-0.1, -0.05) is 12.1 Å². The molecule has 0 radical (unpaired) electrons. The van der Waals surface area contributed by atoms with E-state index in [-0.39, 0.29) is 0 Å². The molecule has 2 aliphatic carbocycles. The molecule has 0 unspecified atom stereocenters. The summed E-state index contributed by atoms with van der Waals surface area (Å²) >= 11 is 0. The van der Waals surface area contributed by atoms with Crippen molar-refractivity contribution in [1.29, 1.82) is 0 Å². The molecule has 1 nitrogen and oxygen atoms in total. The van der Waals surface area contributed by atoms with Gasteiger partial charge in [-0.15, -0.1) is 0 Å². The fraction of sp³-hybridized carbons (Fsp3) is 0.538. The lowest BCUT2D eigenvalue weighted by Crippen LogP contribution is -2.28. The van der Waals surface area contributed by atoms with Crippen LogP contribution >= 0.6 is 0 Å². The van der Waals surface area contributed by atoms with E-state index in [1.807, 2.05) is 0 Å². The van der Waals surface area contributed by atoms with Gasteiger partial charge in [0.05, 0.1) is 0 Å². The summed E-state index contributed by atoms with van der Waals surface area (Å²) in [4.78, 5) is 0. The predicted octanol–water partition coefficient (Wildman–Crippen LogP) is 1.99. The summed E-state index contributed by atoms with van der Waals surface area (Å²) in [5.74, 6) is 0. The van der Waals surface area contributed by atoms with E-state index >= 15 is 0 Å². The van der Waals surface area contributed by atoms with Crippen LogP contribution < -0.4 is 5.73 Å². The number of hydrogen-bond donors (Lipinski definition) is 1. The van der Waals surface area contributed by atoms with Crippen LogP contribution in [0.1, 0.15) is 35.1 Å². The summed E-state index contributed by atoms with van der Waals surface area (Å²) in [5, 5.41) is 0. The molecular weight excluding hydrogens is 170 g/mol. The van der Waals surface area contributed by atoms with Crippen molar-refractivity contribution in [3.63, 3.8) is 0 Å². The van der Waals surface area contributed by atoms with E-state index in [0.717, 1.165) is 6.42 Å². The highest BCUT2D eigenvalue weighted by Gasteiger charge is 2.22. The summed E-state index contributed by atoms with van der Waals surface area (Å²) < 4.78 is 0. The highest BCUT2D eigenvalue weighted by molar-refractivity contribution is 5.45. The van der Waals surface area contributed by atoms with Crippen LogP contribution in [0.3, 0.4) is 0 Å². The lowest BCUT2D eigenvalue weighted by atomic mass is 9.84. The van der Waals surface area contributed by atoms with Gasteiger partial charge in [-0.3, -0.25) is 0 Å².